The molecule has 0 aliphatic rings. The van der Waals surface area contributed by atoms with Gasteiger partial charge in [-0.25, -0.2) is 0 Å². The summed E-state index contributed by atoms with van der Waals surface area (Å²) in [5, 5.41) is 0. The van der Waals surface area contributed by atoms with E-state index in [-0.39, 0.29) is 0 Å². The van der Waals surface area contributed by atoms with Crippen LogP contribution in [0, 0.1) is 5.92 Å². The van der Waals surface area contributed by atoms with Gasteiger partial charge >= 0.3 is 0 Å². The van der Waals surface area contributed by atoms with Gasteiger partial charge < -0.3 is 15.4 Å². The van der Waals surface area contributed by atoms with Gasteiger partial charge in [-0.05, 0) is 39.3 Å². The predicted octanol–water partition coefficient (Wildman–Crippen LogP) is 1.72. The van der Waals surface area contributed by atoms with Crippen LogP contribution in [0.2, 0.25) is 0 Å². The second kappa shape index (κ2) is 9.13. The molecule has 0 aliphatic carbocycles. The SMILES string of the molecule is CC(C)CN(CCCN)CCOC(C)C. The number of nitrogens with two attached hydrogens (primary N) is 1. The second-order valence-corrected chi connectivity index (χ2v) is 4.76. The van der Waals surface area contributed by atoms with Crippen molar-refractivity contribution in [2.75, 3.05) is 32.8 Å². The van der Waals surface area contributed by atoms with Crippen molar-refractivity contribution in [3.05, 3.63) is 0 Å². The molecule has 0 fully saturated rings. The molecule has 0 rings (SSSR count). The fraction of sp³-hybridized carbons (Fsp3) is 1.00. The summed E-state index contributed by atoms with van der Waals surface area (Å²) in [6.07, 6.45) is 1.41. The van der Waals surface area contributed by atoms with Crippen LogP contribution in [-0.2, 0) is 4.74 Å². The average molecular weight is 216 g/mol. The van der Waals surface area contributed by atoms with E-state index in [0.29, 0.717) is 12.0 Å². The monoisotopic (exact) mass is 216 g/mol. The molecule has 15 heavy (non-hydrogen) atoms. The van der Waals surface area contributed by atoms with Crippen molar-refractivity contribution < 1.29 is 4.74 Å². The third-order valence-electron chi connectivity index (χ3n) is 2.16. The van der Waals surface area contributed by atoms with Crippen LogP contribution in [0.3, 0.4) is 0 Å². The van der Waals surface area contributed by atoms with Crippen LogP contribution in [0.5, 0.6) is 0 Å². The van der Waals surface area contributed by atoms with Crippen LogP contribution in [0.1, 0.15) is 34.1 Å². The van der Waals surface area contributed by atoms with Crippen LogP contribution < -0.4 is 5.73 Å². The molecule has 2 N–H and O–H groups in total. The summed E-state index contributed by atoms with van der Waals surface area (Å²) in [5.74, 6) is 0.710. The zero-order chi connectivity index (χ0) is 11.7. The molecule has 0 spiro atoms. The molecule has 3 nitrogen and oxygen atoms in total. The molecule has 92 valence electrons. The van der Waals surface area contributed by atoms with E-state index < -0.39 is 0 Å². The van der Waals surface area contributed by atoms with Gasteiger partial charge in [0.1, 0.15) is 0 Å². The van der Waals surface area contributed by atoms with Gasteiger partial charge in [0.15, 0.2) is 0 Å². The van der Waals surface area contributed by atoms with E-state index in [2.05, 4.69) is 32.6 Å². The third-order valence-corrected chi connectivity index (χ3v) is 2.16. The van der Waals surface area contributed by atoms with Crippen LogP contribution in [0.25, 0.3) is 0 Å². The molecule has 0 bridgehead atoms. The molecule has 0 aliphatic heterocycles. The minimum Gasteiger partial charge on any atom is -0.377 e. The summed E-state index contributed by atoms with van der Waals surface area (Å²) in [4.78, 5) is 2.44. The van der Waals surface area contributed by atoms with Crippen LogP contribution >= 0.6 is 0 Å². The van der Waals surface area contributed by atoms with Gasteiger partial charge in [-0.3, -0.25) is 0 Å². The number of nitrogens with zero attached hydrogens (tertiary/aromatic N) is 1. The topological polar surface area (TPSA) is 38.5 Å². The lowest BCUT2D eigenvalue weighted by atomic mass is 10.2. The van der Waals surface area contributed by atoms with Crippen molar-refractivity contribution in [1.82, 2.24) is 4.90 Å². The van der Waals surface area contributed by atoms with E-state index >= 15 is 0 Å². The molecular formula is C12H28N2O. The van der Waals surface area contributed by atoms with E-state index in [0.717, 1.165) is 39.2 Å². The Morgan fingerprint density at radius 2 is 1.80 bits per heavy atom. The number of rotatable bonds is 9. The van der Waals surface area contributed by atoms with E-state index in [1.54, 1.807) is 0 Å². The maximum atomic E-state index is 5.56. The summed E-state index contributed by atoms with van der Waals surface area (Å²) in [5.41, 5.74) is 5.53. The number of hydrogen-bond acceptors (Lipinski definition) is 3. The molecule has 0 aromatic heterocycles. The zero-order valence-corrected chi connectivity index (χ0v) is 10.8. The van der Waals surface area contributed by atoms with Crippen LogP contribution in [0.4, 0.5) is 0 Å². The van der Waals surface area contributed by atoms with Gasteiger partial charge in [-0.2, -0.15) is 0 Å². The first kappa shape index (κ1) is 14.9. The highest BCUT2D eigenvalue weighted by molar-refractivity contribution is 4.60. The van der Waals surface area contributed by atoms with E-state index in [1.807, 2.05) is 0 Å². The molecule has 0 aromatic carbocycles. The zero-order valence-electron chi connectivity index (χ0n) is 10.8. The number of ether oxygens (including phenoxy) is 1. The highest BCUT2D eigenvalue weighted by Gasteiger charge is 2.06. The lowest BCUT2D eigenvalue weighted by Gasteiger charge is -2.24. The maximum absolute atomic E-state index is 5.56. The molecule has 0 atom stereocenters. The average Bonchev–Trinajstić information content (AvgIpc) is 2.12. The first-order chi connectivity index (χ1) is 7.06. The van der Waals surface area contributed by atoms with Crippen molar-refractivity contribution in [1.29, 1.82) is 0 Å². The predicted molar refractivity (Wildman–Crippen MR) is 66.0 cm³/mol. The van der Waals surface area contributed by atoms with Gasteiger partial charge in [0, 0.05) is 13.1 Å². The van der Waals surface area contributed by atoms with Crippen LogP contribution in [-0.4, -0.2) is 43.8 Å². The standard InChI is InChI=1S/C12H28N2O/c1-11(2)10-14(7-5-6-13)8-9-15-12(3)4/h11-12H,5-10,13H2,1-4H3. The summed E-state index contributed by atoms with van der Waals surface area (Å²) in [6.45, 7) is 13.5. The summed E-state index contributed by atoms with van der Waals surface area (Å²) >= 11 is 0. The quantitative estimate of drug-likeness (QED) is 0.638. The van der Waals surface area contributed by atoms with E-state index in [1.165, 1.54) is 0 Å². The molecule has 0 saturated carbocycles. The van der Waals surface area contributed by atoms with Gasteiger partial charge in [-0.15, -0.1) is 0 Å². The fourth-order valence-electron chi connectivity index (χ4n) is 1.54. The lowest BCUT2D eigenvalue weighted by Crippen LogP contribution is -2.33. The van der Waals surface area contributed by atoms with Crippen molar-refractivity contribution in [3.8, 4) is 0 Å². The molecule has 0 amide bonds. The number of hydrogen-bond donors (Lipinski definition) is 1. The molecular weight excluding hydrogens is 188 g/mol. The van der Waals surface area contributed by atoms with Crippen molar-refractivity contribution >= 4 is 0 Å². The molecule has 0 aromatic rings. The lowest BCUT2D eigenvalue weighted by molar-refractivity contribution is 0.0565. The Morgan fingerprint density at radius 1 is 1.13 bits per heavy atom. The third kappa shape index (κ3) is 10.2. The molecule has 0 unspecified atom stereocenters. The first-order valence-electron chi connectivity index (χ1n) is 6.10. The Hall–Kier alpha value is -0.120. The Balaban J connectivity index is 3.69. The summed E-state index contributed by atoms with van der Waals surface area (Å²) in [6, 6.07) is 0. The summed E-state index contributed by atoms with van der Waals surface area (Å²) in [7, 11) is 0. The molecule has 3 heteroatoms. The highest BCUT2D eigenvalue weighted by atomic mass is 16.5. The first-order valence-corrected chi connectivity index (χ1v) is 6.10. The maximum Gasteiger partial charge on any atom is 0.0596 e. The largest absolute Gasteiger partial charge is 0.377 e. The van der Waals surface area contributed by atoms with Gasteiger partial charge in [0.2, 0.25) is 0 Å². The second-order valence-electron chi connectivity index (χ2n) is 4.76. The van der Waals surface area contributed by atoms with Crippen LogP contribution in [0.15, 0.2) is 0 Å². The molecule has 0 heterocycles. The minimum absolute atomic E-state index is 0.334. The van der Waals surface area contributed by atoms with Gasteiger partial charge in [-0.1, -0.05) is 13.8 Å². The Kier molecular flexibility index (Phi) is 9.06. The summed E-state index contributed by atoms with van der Waals surface area (Å²) < 4.78 is 5.56. The smallest absolute Gasteiger partial charge is 0.0596 e. The molecule has 0 radical (unpaired) electrons. The minimum atomic E-state index is 0.334. The van der Waals surface area contributed by atoms with Gasteiger partial charge in [0.05, 0.1) is 12.7 Å². The van der Waals surface area contributed by atoms with E-state index in [4.69, 9.17) is 10.5 Å². The Morgan fingerprint density at radius 3 is 2.27 bits per heavy atom. The van der Waals surface area contributed by atoms with Gasteiger partial charge in [0.25, 0.3) is 0 Å². The fourth-order valence-corrected chi connectivity index (χ4v) is 1.54. The Bertz CT molecular complexity index is 138. The highest BCUT2D eigenvalue weighted by Crippen LogP contribution is 2.00. The van der Waals surface area contributed by atoms with Crippen molar-refractivity contribution in [3.63, 3.8) is 0 Å². The normalized spacial score (nSPS) is 12.0. The van der Waals surface area contributed by atoms with Crippen molar-refractivity contribution in [2.45, 2.75) is 40.2 Å². The van der Waals surface area contributed by atoms with Crippen molar-refractivity contribution in [2.24, 2.45) is 11.7 Å². The Labute approximate surface area is 95.0 Å². The van der Waals surface area contributed by atoms with E-state index in [9.17, 15) is 0 Å². The molecule has 0 saturated heterocycles.